The second kappa shape index (κ2) is 5.00. The van der Waals surface area contributed by atoms with Gasteiger partial charge in [-0.2, -0.15) is 13.2 Å². The van der Waals surface area contributed by atoms with E-state index in [1.165, 1.54) is 17.4 Å². The van der Waals surface area contributed by atoms with E-state index >= 15 is 0 Å². The van der Waals surface area contributed by atoms with E-state index in [1.54, 1.807) is 0 Å². The van der Waals surface area contributed by atoms with Crippen molar-refractivity contribution in [3.05, 3.63) is 59.7 Å². The Morgan fingerprint density at radius 3 is 2.43 bits per heavy atom. The lowest BCUT2D eigenvalue weighted by Crippen LogP contribution is -2.05. The van der Waals surface area contributed by atoms with Crippen molar-refractivity contribution < 1.29 is 18.0 Å². The Balaban J connectivity index is 2.19. The zero-order valence-electron chi connectivity index (χ0n) is 10.6. The molecule has 1 heterocycles. The molecule has 0 aliphatic carbocycles. The standard InChI is InChI=1S/C16H9F3OS/c17-16(18,19)13-6-10(9-20)5-12(7-13)15-8-11-3-1-2-4-14(11)21-15/h1-9H. The second-order valence-corrected chi connectivity index (χ2v) is 5.69. The second-order valence-electron chi connectivity index (χ2n) is 4.61. The summed E-state index contributed by atoms with van der Waals surface area (Å²) in [5.41, 5.74) is -0.370. The fraction of sp³-hybridized carbons (Fsp3) is 0.0625. The SMILES string of the molecule is O=Cc1cc(-c2cc3ccccc3s2)cc(C(F)(F)F)c1. The fourth-order valence-electron chi connectivity index (χ4n) is 2.15. The van der Waals surface area contributed by atoms with Gasteiger partial charge in [0.15, 0.2) is 0 Å². The molecule has 0 spiro atoms. The minimum Gasteiger partial charge on any atom is -0.298 e. The molecule has 0 N–H and O–H groups in total. The number of hydrogen-bond acceptors (Lipinski definition) is 2. The molecule has 1 nitrogen and oxygen atoms in total. The molecule has 0 unspecified atom stereocenters. The zero-order chi connectivity index (χ0) is 15.0. The Hall–Kier alpha value is -2.14. The molecule has 0 atom stereocenters. The largest absolute Gasteiger partial charge is 0.416 e. The van der Waals surface area contributed by atoms with Crippen molar-refractivity contribution in [3.8, 4) is 10.4 Å². The number of alkyl halides is 3. The average molecular weight is 306 g/mol. The molecule has 106 valence electrons. The van der Waals surface area contributed by atoms with E-state index in [9.17, 15) is 18.0 Å². The van der Waals surface area contributed by atoms with Crippen LogP contribution in [0.1, 0.15) is 15.9 Å². The summed E-state index contributed by atoms with van der Waals surface area (Å²) in [5.74, 6) is 0. The highest BCUT2D eigenvalue weighted by atomic mass is 32.1. The molecule has 0 aliphatic heterocycles. The lowest BCUT2D eigenvalue weighted by atomic mass is 10.0. The van der Waals surface area contributed by atoms with Gasteiger partial charge >= 0.3 is 6.18 Å². The number of halogens is 3. The topological polar surface area (TPSA) is 17.1 Å². The molecular formula is C16H9F3OS. The quantitative estimate of drug-likeness (QED) is 0.579. The normalized spacial score (nSPS) is 11.8. The molecule has 0 bridgehead atoms. The summed E-state index contributed by atoms with van der Waals surface area (Å²) < 4.78 is 39.7. The first-order valence-electron chi connectivity index (χ1n) is 6.14. The molecule has 3 aromatic rings. The highest BCUT2D eigenvalue weighted by molar-refractivity contribution is 7.22. The van der Waals surface area contributed by atoms with E-state index in [0.717, 1.165) is 22.2 Å². The number of carbonyl (C=O) groups excluding carboxylic acids is 1. The Kier molecular flexibility index (Phi) is 3.29. The van der Waals surface area contributed by atoms with Crippen molar-refractivity contribution in [1.82, 2.24) is 0 Å². The van der Waals surface area contributed by atoms with E-state index in [2.05, 4.69) is 0 Å². The number of thiophene rings is 1. The van der Waals surface area contributed by atoms with Crippen molar-refractivity contribution in [2.24, 2.45) is 0 Å². The summed E-state index contributed by atoms with van der Waals surface area (Å²) in [4.78, 5) is 11.6. The molecule has 5 heteroatoms. The predicted molar refractivity (Wildman–Crippen MR) is 77.7 cm³/mol. The Labute approximate surface area is 122 Å². The maximum Gasteiger partial charge on any atom is 0.416 e. The molecule has 0 radical (unpaired) electrons. The van der Waals surface area contributed by atoms with Crippen LogP contribution in [0, 0.1) is 0 Å². The van der Waals surface area contributed by atoms with E-state index in [0.29, 0.717) is 16.7 Å². The summed E-state index contributed by atoms with van der Waals surface area (Å²) in [6.45, 7) is 0. The van der Waals surface area contributed by atoms with Gasteiger partial charge in [0, 0.05) is 15.1 Å². The zero-order valence-corrected chi connectivity index (χ0v) is 11.5. The summed E-state index contributed by atoms with van der Waals surface area (Å²) in [6, 6.07) is 12.8. The molecular weight excluding hydrogens is 297 g/mol. The third kappa shape index (κ3) is 2.69. The Bertz CT molecular complexity index is 785. The van der Waals surface area contributed by atoms with Gasteiger partial charge in [-0.05, 0) is 41.3 Å². The molecule has 0 saturated heterocycles. The van der Waals surface area contributed by atoms with Crippen LogP contribution in [0.2, 0.25) is 0 Å². The first-order chi connectivity index (χ1) is 9.97. The molecule has 3 rings (SSSR count). The van der Waals surface area contributed by atoms with Crippen LogP contribution in [0.4, 0.5) is 13.2 Å². The van der Waals surface area contributed by atoms with Gasteiger partial charge in [0.25, 0.3) is 0 Å². The van der Waals surface area contributed by atoms with Crippen molar-refractivity contribution in [1.29, 1.82) is 0 Å². The number of carbonyl (C=O) groups is 1. The van der Waals surface area contributed by atoms with Crippen molar-refractivity contribution >= 4 is 27.7 Å². The van der Waals surface area contributed by atoms with Gasteiger partial charge in [-0.25, -0.2) is 0 Å². The van der Waals surface area contributed by atoms with Gasteiger partial charge in [-0.15, -0.1) is 11.3 Å². The monoisotopic (exact) mass is 306 g/mol. The molecule has 0 amide bonds. The minimum absolute atomic E-state index is 0.0253. The van der Waals surface area contributed by atoms with E-state index in [4.69, 9.17) is 0 Å². The van der Waals surface area contributed by atoms with Crippen LogP contribution in [0.3, 0.4) is 0 Å². The van der Waals surface area contributed by atoms with Crippen LogP contribution in [0.5, 0.6) is 0 Å². The molecule has 0 fully saturated rings. The van der Waals surface area contributed by atoms with Crippen LogP contribution < -0.4 is 0 Å². The molecule has 21 heavy (non-hydrogen) atoms. The van der Waals surface area contributed by atoms with Crippen LogP contribution in [0.25, 0.3) is 20.5 Å². The van der Waals surface area contributed by atoms with Crippen molar-refractivity contribution in [3.63, 3.8) is 0 Å². The number of fused-ring (bicyclic) bond motifs is 1. The first kappa shape index (κ1) is 13.8. The Morgan fingerprint density at radius 1 is 1.00 bits per heavy atom. The smallest absolute Gasteiger partial charge is 0.298 e. The highest BCUT2D eigenvalue weighted by Gasteiger charge is 2.31. The highest BCUT2D eigenvalue weighted by Crippen LogP contribution is 2.37. The predicted octanol–water partition coefficient (Wildman–Crippen LogP) is 5.40. The number of aldehydes is 1. The van der Waals surface area contributed by atoms with Crippen LogP contribution >= 0.6 is 11.3 Å². The third-order valence-corrected chi connectivity index (χ3v) is 4.29. The third-order valence-electron chi connectivity index (χ3n) is 3.13. The van der Waals surface area contributed by atoms with Gasteiger partial charge < -0.3 is 0 Å². The molecule has 2 aromatic carbocycles. The van der Waals surface area contributed by atoms with Crippen molar-refractivity contribution in [2.45, 2.75) is 6.18 Å². The number of hydrogen-bond donors (Lipinski definition) is 0. The summed E-state index contributed by atoms with van der Waals surface area (Å²) >= 11 is 1.41. The van der Waals surface area contributed by atoms with E-state index in [1.807, 2.05) is 30.3 Å². The molecule has 0 aliphatic rings. The maximum absolute atomic E-state index is 12.9. The Morgan fingerprint density at radius 2 is 1.76 bits per heavy atom. The number of rotatable bonds is 2. The first-order valence-corrected chi connectivity index (χ1v) is 6.95. The van der Waals surface area contributed by atoms with E-state index in [-0.39, 0.29) is 5.56 Å². The van der Waals surface area contributed by atoms with E-state index < -0.39 is 11.7 Å². The van der Waals surface area contributed by atoms with Gasteiger partial charge in [0.2, 0.25) is 0 Å². The lowest BCUT2D eigenvalue weighted by molar-refractivity contribution is -0.137. The van der Waals surface area contributed by atoms with Gasteiger partial charge in [-0.1, -0.05) is 18.2 Å². The number of benzene rings is 2. The summed E-state index contributed by atoms with van der Waals surface area (Å²) in [6.07, 6.45) is -4.03. The van der Waals surface area contributed by atoms with Crippen LogP contribution in [-0.4, -0.2) is 6.29 Å². The lowest BCUT2D eigenvalue weighted by Gasteiger charge is -2.09. The molecule has 1 aromatic heterocycles. The van der Waals surface area contributed by atoms with Gasteiger partial charge in [0.05, 0.1) is 5.56 Å². The van der Waals surface area contributed by atoms with Gasteiger partial charge in [-0.3, -0.25) is 4.79 Å². The summed E-state index contributed by atoms with van der Waals surface area (Å²) in [5, 5.41) is 0.975. The van der Waals surface area contributed by atoms with Crippen molar-refractivity contribution in [2.75, 3.05) is 0 Å². The fourth-order valence-corrected chi connectivity index (χ4v) is 3.20. The molecule has 0 saturated carbocycles. The van der Waals surface area contributed by atoms with Crippen LogP contribution in [0.15, 0.2) is 48.5 Å². The summed E-state index contributed by atoms with van der Waals surface area (Å²) in [7, 11) is 0. The average Bonchev–Trinajstić information content (AvgIpc) is 2.89. The van der Waals surface area contributed by atoms with Gasteiger partial charge in [0.1, 0.15) is 6.29 Å². The maximum atomic E-state index is 12.9. The minimum atomic E-state index is -4.47. The van der Waals surface area contributed by atoms with Crippen LogP contribution in [-0.2, 0) is 6.18 Å².